The van der Waals surface area contributed by atoms with Crippen molar-refractivity contribution < 1.29 is 13.5 Å². The number of hydrogen-bond acceptors (Lipinski definition) is 8. The first-order valence-corrected chi connectivity index (χ1v) is 10.8. The highest BCUT2D eigenvalue weighted by atomic mass is 32.2. The van der Waals surface area contributed by atoms with E-state index in [1.165, 1.54) is 12.1 Å². The fraction of sp³-hybridized carbons (Fsp3) is 0.0952. The summed E-state index contributed by atoms with van der Waals surface area (Å²) in [6.45, 7) is -0.430. The van der Waals surface area contributed by atoms with E-state index >= 15 is 0 Å². The summed E-state index contributed by atoms with van der Waals surface area (Å²) in [5.41, 5.74) is 2.22. The summed E-state index contributed by atoms with van der Waals surface area (Å²) in [6, 6.07) is 17.8. The SMILES string of the molecule is O=S(=O)(CCO)c1cccc(Nc2nccc(Nc3cnc4ccccc4c3)n2)c1. The predicted octanol–water partition coefficient (Wildman–Crippen LogP) is 3.28. The first-order chi connectivity index (χ1) is 14.5. The normalized spacial score (nSPS) is 11.4. The van der Waals surface area contributed by atoms with Crippen molar-refractivity contribution in [3.8, 4) is 0 Å². The molecule has 0 saturated heterocycles. The van der Waals surface area contributed by atoms with Crippen molar-refractivity contribution in [2.75, 3.05) is 23.0 Å². The molecule has 0 unspecified atom stereocenters. The molecule has 0 aliphatic heterocycles. The van der Waals surface area contributed by atoms with Crippen LogP contribution < -0.4 is 10.6 Å². The van der Waals surface area contributed by atoms with Gasteiger partial charge in [0, 0.05) is 17.3 Å². The van der Waals surface area contributed by atoms with E-state index in [2.05, 4.69) is 25.6 Å². The molecule has 0 aliphatic carbocycles. The molecule has 4 aromatic rings. The van der Waals surface area contributed by atoms with E-state index in [1.54, 1.807) is 30.6 Å². The van der Waals surface area contributed by atoms with Gasteiger partial charge in [0.05, 0.1) is 34.7 Å². The smallest absolute Gasteiger partial charge is 0.229 e. The lowest BCUT2D eigenvalue weighted by atomic mass is 10.2. The lowest BCUT2D eigenvalue weighted by Gasteiger charge is -2.10. The molecule has 8 nitrogen and oxygen atoms in total. The monoisotopic (exact) mass is 421 g/mol. The fourth-order valence-corrected chi connectivity index (χ4v) is 3.98. The first-order valence-electron chi connectivity index (χ1n) is 9.19. The van der Waals surface area contributed by atoms with Crippen LogP contribution >= 0.6 is 0 Å². The Labute approximate surface area is 173 Å². The van der Waals surface area contributed by atoms with Gasteiger partial charge in [0.2, 0.25) is 5.95 Å². The van der Waals surface area contributed by atoms with Crippen molar-refractivity contribution in [3.05, 3.63) is 73.1 Å². The van der Waals surface area contributed by atoms with Gasteiger partial charge in [-0.2, -0.15) is 4.98 Å². The molecule has 2 aromatic carbocycles. The number of nitrogens with one attached hydrogen (secondary N) is 2. The summed E-state index contributed by atoms with van der Waals surface area (Å²) in [5, 5.41) is 16.2. The Morgan fingerprint density at radius 3 is 2.63 bits per heavy atom. The number of sulfone groups is 1. The number of nitrogens with zero attached hydrogens (tertiary/aromatic N) is 3. The van der Waals surface area contributed by atoms with Gasteiger partial charge in [0.1, 0.15) is 5.82 Å². The molecule has 2 aromatic heterocycles. The maximum Gasteiger partial charge on any atom is 0.229 e. The Bertz CT molecular complexity index is 1290. The number of aliphatic hydroxyl groups excluding tert-OH is 1. The third-order valence-electron chi connectivity index (χ3n) is 4.33. The standard InChI is InChI=1S/C21H19N5O3S/c27-10-11-30(28,29)18-6-3-5-16(13-18)25-21-22-9-8-20(26-21)24-17-12-15-4-1-2-7-19(15)23-14-17/h1-9,12-14,27H,10-11H2,(H2,22,24,25,26). The topological polar surface area (TPSA) is 117 Å². The highest BCUT2D eigenvalue weighted by Crippen LogP contribution is 2.22. The van der Waals surface area contributed by atoms with Crippen LogP contribution in [0.3, 0.4) is 0 Å². The molecule has 3 N–H and O–H groups in total. The minimum Gasteiger partial charge on any atom is -0.395 e. The highest BCUT2D eigenvalue weighted by Gasteiger charge is 2.14. The van der Waals surface area contributed by atoms with Crippen molar-refractivity contribution in [1.29, 1.82) is 0 Å². The highest BCUT2D eigenvalue weighted by molar-refractivity contribution is 7.91. The minimum atomic E-state index is -3.54. The molecular formula is C21H19N5O3S. The summed E-state index contributed by atoms with van der Waals surface area (Å²) < 4.78 is 24.3. The molecular weight excluding hydrogens is 402 g/mol. The first kappa shape index (κ1) is 19.7. The molecule has 0 spiro atoms. The van der Waals surface area contributed by atoms with E-state index < -0.39 is 16.4 Å². The number of fused-ring (bicyclic) bond motifs is 1. The van der Waals surface area contributed by atoms with Gasteiger partial charge in [0.15, 0.2) is 9.84 Å². The number of aromatic nitrogens is 3. The van der Waals surface area contributed by atoms with Crippen molar-refractivity contribution in [2.24, 2.45) is 0 Å². The summed E-state index contributed by atoms with van der Waals surface area (Å²) in [4.78, 5) is 13.2. The largest absolute Gasteiger partial charge is 0.395 e. The summed E-state index contributed by atoms with van der Waals surface area (Å²) in [7, 11) is -3.54. The van der Waals surface area contributed by atoms with E-state index in [1.807, 2.05) is 30.3 Å². The van der Waals surface area contributed by atoms with Crippen LogP contribution in [0.4, 0.5) is 23.1 Å². The van der Waals surface area contributed by atoms with Gasteiger partial charge in [-0.05, 0) is 36.4 Å². The number of hydrogen-bond donors (Lipinski definition) is 3. The maximum absolute atomic E-state index is 12.2. The van der Waals surface area contributed by atoms with Gasteiger partial charge in [-0.15, -0.1) is 0 Å². The third-order valence-corrected chi connectivity index (χ3v) is 6.02. The Hall–Kier alpha value is -3.56. The van der Waals surface area contributed by atoms with Crippen molar-refractivity contribution in [2.45, 2.75) is 4.90 Å². The molecule has 0 amide bonds. The molecule has 0 bridgehead atoms. The molecule has 30 heavy (non-hydrogen) atoms. The second-order valence-electron chi connectivity index (χ2n) is 6.50. The van der Waals surface area contributed by atoms with Crippen LogP contribution in [-0.4, -0.2) is 40.8 Å². The van der Waals surface area contributed by atoms with Crippen LogP contribution in [0.25, 0.3) is 10.9 Å². The molecule has 9 heteroatoms. The van der Waals surface area contributed by atoms with Crippen molar-refractivity contribution in [3.63, 3.8) is 0 Å². The number of aliphatic hydroxyl groups is 1. The molecule has 0 fully saturated rings. The Morgan fingerprint density at radius 2 is 1.77 bits per heavy atom. The molecule has 0 saturated carbocycles. The quantitative estimate of drug-likeness (QED) is 0.416. The number of rotatable bonds is 7. The fourth-order valence-electron chi connectivity index (χ4n) is 2.91. The zero-order valence-electron chi connectivity index (χ0n) is 15.9. The second-order valence-corrected chi connectivity index (χ2v) is 8.61. The van der Waals surface area contributed by atoms with E-state index in [9.17, 15) is 8.42 Å². The number of anilines is 4. The molecule has 0 atom stereocenters. The average Bonchev–Trinajstić information content (AvgIpc) is 2.74. The zero-order valence-corrected chi connectivity index (χ0v) is 16.7. The summed E-state index contributed by atoms with van der Waals surface area (Å²) in [6.07, 6.45) is 3.32. The lowest BCUT2D eigenvalue weighted by Crippen LogP contribution is -2.10. The van der Waals surface area contributed by atoms with Crippen LogP contribution in [0.2, 0.25) is 0 Å². The molecule has 2 heterocycles. The van der Waals surface area contributed by atoms with Crippen LogP contribution in [0.5, 0.6) is 0 Å². The van der Waals surface area contributed by atoms with Gasteiger partial charge in [-0.1, -0.05) is 24.3 Å². The van der Waals surface area contributed by atoms with Crippen molar-refractivity contribution >= 4 is 43.9 Å². The van der Waals surface area contributed by atoms with E-state index in [0.29, 0.717) is 17.5 Å². The summed E-state index contributed by atoms with van der Waals surface area (Å²) in [5.74, 6) is 0.547. The predicted molar refractivity (Wildman–Crippen MR) is 116 cm³/mol. The van der Waals surface area contributed by atoms with Crippen molar-refractivity contribution in [1.82, 2.24) is 15.0 Å². The van der Waals surface area contributed by atoms with E-state index in [4.69, 9.17) is 5.11 Å². The van der Waals surface area contributed by atoms with Crippen LogP contribution in [0.1, 0.15) is 0 Å². The summed E-state index contributed by atoms with van der Waals surface area (Å²) >= 11 is 0. The van der Waals surface area contributed by atoms with Gasteiger partial charge in [-0.3, -0.25) is 4.98 Å². The van der Waals surface area contributed by atoms with Crippen LogP contribution in [0.15, 0.2) is 78.0 Å². The van der Waals surface area contributed by atoms with Gasteiger partial charge >= 0.3 is 0 Å². The van der Waals surface area contributed by atoms with Gasteiger partial charge < -0.3 is 15.7 Å². The van der Waals surface area contributed by atoms with E-state index in [0.717, 1.165) is 16.6 Å². The van der Waals surface area contributed by atoms with Gasteiger partial charge in [0.25, 0.3) is 0 Å². The van der Waals surface area contributed by atoms with Crippen LogP contribution in [0, 0.1) is 0 Å². The molecule has 152 valence electrons. The lowest BCUT2D eigenvalue weighted by molar-refractivity contribution is 0.319. The average molecular weight is 421 g/mol. The third kappa shape index (κ3) is 4.53. The molecule has 4 rings (SSSR count). The Kier molecular flexibility index (Phi) is 5.55. The van der Waals surface area contributed by atoms with Crippen LogP contribution in [-0.2, 0) is 9.84 Å². The number of para-hydroxylation sites is 1. The minimum absolute atomic E-state index is 0.123. The Morgan fingerprint density at radius 1 is 0.900 bits per heavy atom. The second kappa shape index (κ2) is 8.44. The maximum atomic E-state index is 12.2. The molecule has 0 radical (unpaired) electrons. The van der Waals surface area contributed by atoms with Gasteiger partial charge in [-0.25, -0.2) is 13.4 Å². The molecule has 0 aliphatic rings. The zero-order chi connectivity index (χ0) is 21.0. The Balaban J connectivity index is 1.53. The number of benzene rings is 2. The number of pyridine rings is 1. The van der Waals surface area contributed by atoms with E-state index in [-0.39, 0.29) is 10.6 Å².